The highest BCUT2D eigenvalue weighted by Crippen LogP contribution is 2.18. The third kappa shape index (κ3) is 67.3. The monoisotopic (exact) mass is 1130 g/mol. The minimum Gasteiger partial charge on any atom is -0.462 e. The van der Waals surface area contributed by atoms with Crippen LogP contribution in [0.15, 0.2) is 85.1 Å². The summed E-state index contributed by atoms with van der Waals surface area (Å²) >= 11 is 0. The molecule has 81 heavy (non-hydrogen) atoms. The standard InChI is InChI=1S/C75H132O6/c1-4-7-10-13-16-19-22-24-26-28-30-32-34-35-36-37-38-39-40-41-42-44-45-47-49-51-53-56-59-62-65-68-74(77)80-71-72(70-79-73(76)67-64-61-58-55-21-18-15-12-9-6-3)81-75(78)69-66-63-60-57-54-52-50-48-46-43-33-31-29-27-25-23-20-17-14-11-8-5-2/h7,10,16,19,24,26,30,32,35-36,38-39,41-42,72H,4-6,8-9,11-15,17-18,20-23,25,27-29,31,33-34,37,40,43-71H2,1-3H3/b10-7-,19-16-,26-24-,32-30-,36-35-,39-38-,42-41-. The van der Waals surface area contributed by atoms with Crippen molar-refractivity contribution in [3.05, 3.63) is 85.1 Å². The van der Waals surface area contributed by atoms with Crippen LogP contribution >= 0.6 is 0 Å². The largest absolute Gasteiger partial charge is 0.462 e. The lowest BCUT2D eigenvalue weighted by atomic mass is 10.0. The Labute approximate surface area is 503 Å². The molecule has 0 amide bonds. The Balaban J connectivity index is 4.19. The van der Waals surface area contributed by atoms with Crippen molar-refractivity contribution in [2.75, 3.05) is 13.2 Å². The molecule has 0 radical (unpaired) electrons. The second-order valence-corrected chi connectivity index (χ2v) is 23.4. The third-order valence-electron chi connectivity index (χ3n) is 15.4. The van der Waals surface area contributed by atoms with Gasteiger partial charge in [0.25, 0.3) is 0 Å². The molecule has 0 aromatic rings. The Morgan fingerprint density at radius 1 is 0.259 bits per heavy atom. The maximum Gasteiger partial charge on any atom is 0.306 e. The van der Waals surface area contributed by atoms with E-state index in [9.17, 15) is 14.4 Å². The van der Waals surface area contributed by atoms with Gasteiger partial charge in [0.05, 0.1) is 0 Å². The van der Waals surface area contributed by atoms with Gasteiger partial charge in [-0.25, -0.2) is 0 Å². The molecule has 0 spiro atoms. The molecule has 0 saturated carbocycles. The van der Waals surface area contributed by atoms with Crippen molar-refractivity contribution in [1.29, 1.82) is 0 Å². The van der Waals surface area contributed by atoms with Crippen molar-refractivity contribution in [3.8, 4) is 0 Å². The van der Waals surface area contributed by atoms with Gasteiger partial charge in [0.1, 0.15) is 13.2 Å². The quantitative estimate of drug-likeness (QED) is 0.0261. The van der Waals surface area contributed by atoms with E-state index in [2.05, 4.69) is 106 Å². The predicted molar refractivity (Wildman–Crippen MR) is 353 cm³/mol. The second-order valence-electron chi connectivity index (χ2n) is 23.4. The molecule has 0 aliphatic carbocycles. The number of hydrogen-bond acceptors (Lipinski definition) is 6. The van der Waals surface area contributed by atoms with E-state index in [-0.39, 0.29) is 31.1 Å². The van der Waals surface area contributed by atoms with Crippen molar-refractivity contribution < 1.29 is 28.6 Å². The maximum atomic E-state index is 12.9. The maximum absolute atomic E-state index is 12.9. The lowest BCUT2D eigenvalue weighted by molar-refractivity contribution is -0.167. The zero-order valence-corrected chi connectivity index (χ0v) is 53.8. The summed E-state index contributed by atoms with van der Waals surface area (Å²) in [4.78, 5) is 38.3. The third-order valence-corrected chi connectivity index (χ3v) is 15.4. The van der Waals surface area contributed by atoms with Crippen LogP contribution in [-0.4, -0.2) is 37.2 Å². The van der Waals surface area contributed by atoms with Crippen LogP contribution in [0.2, 0.25) is 0 Å². The number of hydrogen-bond donors (Lipinski definition) is 0. The number of allylic oxidation sites excluding steroid dienone is 14. The molecule has 468 valence electrons. The van der Waals surface area contributed by atoms with Crippen LogP contribution in [0.25, 0.3) is 0 Å². The molecule has 0 bridgehead atoms. The normalized spacial score (nSPS) is 12.6. The van der Waals surface area contributed by atoms with E-state index < -0.39 is 6.10 Å². The fourth-order valence-corrected chi connectivity index (χ4v) is 10.2. The number of carbonyl (C=O) groups excluding carboxylic acids is 3. The second kappa shape index (κ2) is 69.1. The van der Waals surface area contributed by atoms with E-state index in [0.717, 1.165) is 109 Å². The van der Waals surface area contributed by atoms with Crippen molar-refractivity contribution in [2.24, 2.45) is 0 Å². The summed E-state index contributed by atoms with van der Waals surface area (Å²) in [6.07, 6.45) is 91.9. The van der Waals surface area contributed by atoms with Crippen molar-refractivity contribution in [3.63, 3.8) is 0 Å². The lowest BCUT2D eigenvalue weighted by Gasteiger charge is -2.18. The summed E-state index contributed by atoms with van der Waals surface area (Å²) in [7, 11) is 0. The van der Waals surface area contributed by atoms with Gasteiger partial charge in [0.2, 0.25) is 0 Å². The Hall–Kier alpha value is -3.41. The van der Waals surface area contributed by atoms with Crippen molar-refractivity contribution >= 4 is 17.9 Å². The fourth-order valence-electron chi connectivity index (χ4n) is 10.2. The van der Waals surface area contributed by atoms with Gasteiger partial charge in [-0.2, -0.15) is 0 Å². The molecule has 0 rings (SSSR count). The van der Waals surface area contributed by atoms with E-state index in [1.165, 1.54) is 205 Å². The molecule has 0 fully saturated rings. The average molecular weight is 1130 g/mol. The van der Waals surface area contributed by atoms with E-state index >= 15 is 0 Å². The molecular formula is C75H132O6. The van der Waals surface area contributed by atoms with Crippen LogP contribution in [0, 0.1) is 0 Å². The number of unbranched alkanes of at least 4 members (excludes halogenated alkanes) is 39. The SMILES string of the molecule is CC/C=C\C/C=C\C/C=C\C/C=C\C/C=C\C/C=C\C/C=C\CCCCCCCCCCCC(=O)OCC(COC(=O)CCCCCCCCCCCC)OC(=O)CCCCCCCCCCCCCCCCCCCCCCCC. The number of esters is 3. The van der Waals surface area contributed by atoms with Crippen molar-refractivity contribution in [1.82, 2.24) is 0 Å². The first-order valence-corrected chi connectivity index (χ1v) is 35.1. The zero-order valence-electron chi connectivity index (χ0n) is 53.8. The van der Waals surface area contributed by atoms with Crippen LogP contribution in [0.1, 0.15) is 355 Å². The zero-order chi connectivity index (χ0) is 58.5. The van der Waals surface area contributed by atoms with Gasteiger partial charge in [-0.1, -0.05) is 343 Å². The molecule has 0 heterocycles. The highest BCUT2D eigenvalue weighted by Gasteiger charge is 2.19. The lowest BCUT2D eigenvalue weighted by Crippen LogP contribution is -2.30. The van der Waals surface area contributed by atoms with Gasteiger partial charge in [-0.05, 0) is 77.0 Å². The van der Waals surface area contributed by atoms with Gasteiger partial charge in [-0.15, -0.1) is 0 Å². The summed E-state index contributed by atoms with van der Waals surface area (Å²) in [6.45, 7) is 6.56. The minimum atomic E-state index is -0.776. The Kier molecular flexibility index (Phi) is 66.2. The van der Waals surface area contributed by atoms with Gasteiger partial charge in [0.15, 0.2) is 6.10 Å². The highest BCUT2D eigenvalue weighted by molar-refractivity contribution is 5.71. The van der Waals surface area contributed by atoms with Crippen LogP contribution in [0.5, 0.6) is 0 Å². The first-order valence-electron chi connectivity index (χ1n) is 35.1. The number of carbonyl (C=O) groups is 3. The molecule has 1 unspecified atom stereocenters. The molecule has 0 aromatic heterocycles. The minimum absolute atomic E-state index is 0.0727. The van der Waals surface area contributed by atoms with Crippen LogP contribution in [-0.2, 0) is 28.6 Å². The molecule has 0 aliphatic heterocycles. The summed E-state index contributed by atoms with van der Waals surface area (Å²) in [6, 6.07) is 0. The van der Waals surface area contributed by atoms with Crippen LogP contribution in [0.4, 0.5) is 0 Å². The van der Waals surface area contributed by atoms with Gasteiger partial charge < -0.3 is 14.2 Å². The molecule has 6 heteroatoms. The van der Waals surface area contributed by atoms with E-state index in [1.54, 1.807) is 0 Å². The smallest absolute Gasteiger partial charge is 0.306 e. The van der Waals surface area contributed by atoms with E-state index in [0.29, 0.717) is 19.3 Å². The summed E-state index contributed by atoms with van der Waals surface area (Å²) in [5.74, 6) is -0.861. The Morgan fingerprint density at radius 2 is 0.481 bits per heavy atom. The van der Waals surface area contributed by atoms with Crippen molar-refractivity contribution in [2.45, 2.75) is 361 Å². The van der Waals surface area contributed by atoms with Gasteiger partial charge >= 0.3 is 17.9 Å². The first kappa shape index (κ1) is 77.6. The molecule has 0 saturated heterocycles. The highest BCUT2D eigenvalue weighted by atomic mass is 16.6. The van der Waals surface area contributed by atoms with E-state index in [4.69, 9.17) is 14.2 Å². The van der Waals surface area contributed by atoms with Crippen LogP contribution < -0.4 is 0 Å². The average Bonchev–Trinajstić information content (AvgIpc) is 3.47. The predicted octanol–water partition coefficient (Wildman–Crippen LogP) is 24.2. The summed E-state index contributed by atoms with van der Waals surface area (Å²) in [5.41, 5.74) is 0. The first-order chi connectivity index (χ1) is 40.0. The molecule has 0 aromatic carbocycles. The van der Waals surface area contributed by atoms with Gasteiger partial charge in [-0.3, -0.25) is 14.4 Å². The fraction of sp³-hybridized carbons (Fsp3) is 0.773. The Morgan fingerprint density at radius 3 is 0.753 bits per heavy atom. The summed E-state index contributed by atoms with van der Waals surface area (Å²) < 4.78 is 16.9. The Bertz CT molecular complexity index is 1530. The molecular weight excluding hydrogens is 997 g/mol. The number of ether oxygens (including phenoxy) is 3. The number of rotatable bonds is 64. The molecule has 1 atom stereocenters. The van der Waals surface area contributed by atoms with Gasteiger partial charge in [0, 0.05) is 19.3 Å². The van der Waals surface area contributed by atoms with Crippen LogP contribution in [0.3, 0.4) is 0 Å². The van der Waals surface area contributed by atoms with E-state index in [1.807, 2.05) is 0 Å². The molecule has 0 aliphatic rings. The molecule has 6 nitrogen and oxygen atoms in total. The molecule has 0 N–H and O–H groups in total. The topological polar surface area (TPSA) is 78.9 Å². The summed E-state index contributed by atoms with van der Waals surface area (Å²) in [5, 5.41) is 0.